The number of nitrogens with zero attached hydrogens (tertiary/aromatic N) is 3. The second-order valence-electron chi connectivity index (χ2n) is 6.02. The lowest BCUT2D eigenvalue weighted by atomic mass is 9.94. The number of hydrogen-bond acceptors (Lipinski definition) is 3. The lowest BCUT2D eigenvalue weighted by Gasteiger charge is -2.30. The Balaban J connectivity index is 1.76. The predicted octanol–water partition coefficient (Wildman–Crippen LogP) is 4.25. The summed E-state index contributed by atoms with van der Waals surface area (Å²) in [6, 6.07) is 4.57. The summed E-state index contributed by atoms with van der Waals surface area (Å²) in [5.41, 5.74) is 2.06. The first-order valence-electron chi connectivity index (χ1n) is 7.77. The topological polar surface area (TPSA) is 42.7 Å². The molecule has 2 aromatic rings. The molecule has 2 aromatic heterocycles. The molecule has 0 saturated heterocycles. The van der Waals surface area contributed by atoms with Crippen molar-refractivity contribution in [2.24, 2.45) is 5.92 Å². The van der Waals surface area contributed by atoms with E-state index in [-0.39, 0.29) is 0 Å². The third kappa shape index (κ3) is 2.27. The average molecular weight is 347 g/mol. The molecular weight excluding hydrogens is 328 g/mol. The van der Waals surface area contributed by atoms with Crippen LogP contribution in [0.2, 0.25) is 0 Å². The molecule has 0 bridgehead atoms. The first-order chi connectivity index (χ1) is 10.3. The fourth-order valence-corrected chi connectivity index (χ4v) is 4.37. The van der Waals surface area contributed by atoms with Gasteiger partial charge in [0.05, 0.1) is 10.5 Å². The maximum atomic E-state index is 4.91. The van der Waals surface area contributed by atoms with Gasteiger partial charge in [-0.1, -0.05) is 12.8 Å². The highest BCUT2D eigenvalue weighted by Gasteiger charge is 2.32. The molecule has 110 valence electrons. The largest absolute Gasteiger partial charge is 0.369 e. The Labute approximate surface area is 133 Å². The molecule has 1 aliphatic heterocycles. The minimum absolute atomic E-state index is 0.547. The maximum Gasteiger partial charge on any atom is 0.139 e. The number of halogens is 1. The van der Waals surface area contributed by atoms with Gasteiger partial charge < -0.3 is 5.32 Å². The molecule has 1 aliphatic carbocycles. The SMILES string of the molecule is Brc1c(-c2cccnc2)nn2c1NCCC2C1CCCC1. The van der Waals surface area contributed by atoms with Crippen molar-refractivity contribution in [2.75, 3.05) is 11.9 Å². The molecule has 1 unspecified atom stereocenters. The van der Waals surface area contributed by atoms with E-state index in [9.17, 15) is 0 Å². The molecule has 1 N–H and O–H groups in total. The van der Waals surface area contributed by atoms with Gasteiger partial charge in [0.15, 0.2) is 0 Å². The van der Waals surface area contributed by atoms with Gasteiger partial charge in [-0.15, -0.1) is 0 Å². The van der Waals surface area contributed by atoms with Gasteiger partial charge in [-0.3, -0.25) is 4.98 Å². The Morgan fingerprint density at radius 1 is 1.24 bits per heavy atom. The fraction of sp³-hybridized carbons (Fsp3) is 0.500. The minimum Gasteiger partial charge on any atom is -0.369 e. The van der Waals surface area contributed by atoms with Gasteiger partial charge in [0.25, 0.3) is 0 Å². The summed E-state index contributed by atoms with van der Waals surface area (Å²) in [6.07, 6.45) is 10.3. The smallest absolute Gasteiger partial charge is 0.139 e. The van der Waals surface area contributed by atoms with Crippen LogP contribution in [-0.4, -0.2) is 21.3 Å². The molecule has 21 heavy (non-hydrogen) atoms. The van der Waals surface area contributed by atoms with E-state index >= 15 is 0 Å². The first-order valence-corrected chi connectivity index (χ1v) is 8.56. The quantitative estimate of drug-likeness (QED) is 0.883. The van der Waals surface area contributed by atoms with E-state index in [1.165, 1.54) is 32.1 Å². The molecular formula is C16H19BrN4. The summed E-state index contributed by atoms with van der Waals surface area (Å²) in [5, 5.41) is 8.42. The zero-order valence-electron chi connectivity index (χ0n) is 11.9. The van der Waals surface area contributed by atoms with Gasteiger partial charge in [-0.2, -0.15) is 5.10 Å². The minimum atomic E-state index is 0.547. The van der Waals surface area contributed by atoms with Crippen molar-refractivity contribution in [1.82, 2.24) is 14.8 Å². The van der Waals surface area contributed by atoms with E-state index in [0.717, 1.165) is 34.0 Å². The highest BCUT2D eigenvalue weighted by molar-refractivity contribution is 9.10. The first kappa shape index (κ1) is 13.3. The molecule has 0 spiro atoms. The Morgan fingerprint density at radius 2 is 2.10 bits per heavy atom. The average Bonchev–Trinajstić information content (AvgIpc) is 3.17. The Bertz CT molecular complexity index is 631. The summed E-state index contributed by atoms with van der Waals surface area (Å²) < 4.78 is 3.30. The Hall–Kier alpha value is -1.36. The van der Waals surface area contributed by atoms with E-state index in [0.29, 0.717) is 6.04 Å². The van der Waals surface area contributed by atoms with E-state index in [2.05, 4.69) is 37.0 Å². The van der Waals surface area contributed by atoms with Gasteiger partial charge >= 0.3 is 0 Å². The number of rotatable bonds is 2. The van der Waals surface area contributed by atoms with Gasteiger partial charge in [-0.05, 0) is 53.2 Å². The molecule has 1 fully saturated rings. The van der Waals surface area contributed by atoms with E-state index < -0.39 is 0 Å². The molecule has 3 heterocycles. The van der Waals surface area contributed by atoms with E-state index in [1.54, 1.807) is 6.20 Å². The lowest BCUT2D eigenvalue weighted by Crippen LogP contribution is -2.28. The number of nitrogens with one attached hydrogen (secondary N) is 1. The molecule has 4 nitrogen and oxygen atoms in total. The molecule has 2 aliphatic rings. The van der Waals surface area contributed by atoms with Crippen LogP contribution in [0.4, 0.5) is 5.82 Å². The number of pyridine rings is 1. The van der Waals surface area contributed by atoms with Gasteiger partial charge in [0.1, 0.15) is 11.5 Å². The van der Waals surface area contributed by atoms with Crippen molar-refractivity contribution in [3.8, 4) is 11.3 Å². The molecule has 5 heteroatoms. The molecule has 4 rings (SSSR count). The standard InChI is InChI=1S/C16H19BrN4/c17-14-15(12-6-3-8-18-10-12)20-21-13(7-9-19-16(14)21)11-4-1-2-5-11/h3,6,8,10-11,13,19H,1-2,4-5,7,9H2. The third-order valence-corrected chi connectivity index (χ3v) is 5.53. The number of aromatic nitrogens is 3. The highest BCUT2D eigenvalue weighted by Crippen LogP contribution is 2.43. The number of hydrogen-bond donors (Lipinski definition) is 1. The monoisotopic (exact) mass is 346 g/mol. The summed E-state index contributed by atoms with van der Waals surface area (Å²) in [7, 11) is 0. The van der Waals surface area contributed by atoms with Crippen molar-refractivity contribution in [1.29, 1.82) is 0 Å². The molecule has 0 aromatic carbocycles. The van der Waals surface area contributed by atoms with Crippen molar-refractivity contribution in [2.45, 2.75) is 38.1 Å². The van der Waals surface area contributed by atoms with Crippen LogP contribution in [0.5, 0.6) is 0 Å². The maximum absolute atomic E-state index is 4.91. The second-order valence-corrected chi connectivity index (χ2v) is 6.82. The van der Waals surface area contributed by atoms with Crippen molar-refractivity contribution in [3.63, 3.8) is 0 Å². The summed E-state index contributed by atoms with van der Waals surface area (Å²) in [6.45, 7) is 1.04. The molecule has 0 radical (unpaired) electrons. The zero-order valence-corrected chi connectivity index (χ0v) is 13.5. The molecule has 1 atom stereocenters. The molecule has 1 saturated carbocycles. The summed E-state index contributed by atoms with van der Waals surface area (Å²) in [5.74, 6) is 1.93. The van der Waals surface area contributed by atoms with Crippen molar-refractivity contribution >= 4 is 21.7 Å². The van der Waals surface area contributed by atoms with Crippen LogP contribution in [0.15, 0.2) is 29.0 Å². The van der Waals surface area contributed by atoms with Crippen LogP contribution in [0, 0.1) is 5.92 Å². The third-order valence-electron chi connectivity index (χ3n) is 4.78. The fourth-order valence-electron chi connectivity index (χ4n) is 3.74. The number of fused-ring (bicyclic) bond motifs is 1. The van der Waals surface area contributed by atoms with Gasteiger partial charge in [0.2, 0.25) is 0 Å². The lowest BCUT2D eigenvalue weighted by molar-refractivity contribution is 0.290. The van der Waals surface area contributed by atoms with Crippen molar-refractivity contribution in [3.05, 3.63) is 29.0 Å². The van der Waals surface area contributed by atoms with E-state index in [4.69, 9.17) is 5.10 Å². The Kier molecular flexibility index (Phi) is 3.45. The van der Waals surface area contributed by atoms with Gasteiger partial charge in [-0.25, -0.2) is 4.68 Å². The summed E-state index contributed by atoms with van der Waals surface area (Å²) in [4.78, 5) is 4.21. The Morgan fingerprint density at radius 3 is 2.86 bits per heavy atom. The number of anilines is 1. The second kappa shape index (κ2) is 5.44. The van der Waals surface area contributed by atoms with Crippen LogP contribution >= 0.6 is 15.9 Å². The van der Waals surface area contributed by atoms with Gasteiger partial charge in [0, 0.05) is 24.5 Å². The predicted molar refractivity (Wildman–Crippen MR) is 87.3 cm³/mol. The van der Waals surface area contributed by atoms with Crippen LogP contribution in [0.1, 0.15) is 38.1 Å². The van der Waals surface area contributed by atoms with Crippen molar-refractivity contribution < 1.29 is 0 Å². The van der Waals surface area contributed by atoms with Crippen LogP contribution in [0.25, 0.3) is 11.3 Å². The normalized spacial score (nSPS) is 22.0. The summed E-state index contributed by atoms with van der Waals surface area (Å²) >= 11 is 3.74. The van der Waals surface area contributed by atoms with Crippen LogP contribution in [0.3, 0.4) is 0 Å². The van der Waals surface area contributed by atoms with E-state index in [1.807, 2.05) is 12.3 Å². The van der Waals surface area contributed by atoms with Crippen LogP contribution in [-0.2, 0) is 0 Å². The highest BCUT2D eigenvalue weighted by atomic mass is 79.9. The zero-order chi connectivity index (χ0) is 14.2. The molecule has 0 amide bonds. The van der Waals surface area contributed by atoms with Crippen LogP contribution < -0.4 is 5.32 Å².